The lowest BCUT2D eigenvalue weighted by Gasteiger charge is -2.11. The molecule has 0 aliphatic carbocycles. The molecule has 0 atom stereocenters. The molecule has 3 aromatic carbocycles. The molecule has 0 saturated carbocycles. The normalized spacial score (nSPS) is 10.6. The first-order valence-corrected chi connectivity index (χ1v) is 11.3. The summed E-state index contributed by atoms with van der Waals surface area (Å²) < 4.78 is 1.41. The molecule has 0 bridgehead atoms. The van der Waals surface area contributed by atoms with E-state index in [9.17, 15) is 4.79 Å². The molecule has 2 aromatic heterocycles. The van der Waals surface area contributed by atoms with Crippen molar-refractivity contribution in [3.63, 3.8) is 0 Å². The number of benzene rings is 3. The summed E-state index contributed by atoms with van der Waals surface area (Å²) in [4.78, 5) is 11.2. The van der Waals surface area contributed by atoms with Crippen molar-refractivity contribution in [3.05, 3.63) is 106 Å². The minimum atomic E-state index is 0.131. The van der Waals surface area contributed by atoms with Crippen LogP contribution >= 0.6 is 23.2 Å². The number of aromatic nitrogens is 4. The molecule has 0 fully saturated rings. The lowest BCUT2D eigenvalue weighted by Crippen LogP contribution is -2.04. The average molecular weight is 490 g/mol. The van der Waals surface area contributed by atoms with Crippen molar-refractivity contribution in [2.75, 3.05) is 7.05 Å². The van der Waals surface area contributed by atoms with Crippen LogP contribution in [0.2, 0.25) is 10.0 Å². The van der Waals surface area contributed by atoms with Crippen molar-refractivity contribution in [3.8, 4) is 22.4 Å². The van der Waals surface area contributed by atoms with Crippen LogP contribution < -0.4 is 5.32 Å². The van der Waals surface area contributed by atoms with E-state index in [0.29, 0.717) is 27.7 Å². The highest BCUT2D eigenvalue weighted by atomic mass is 35.5. The zero-order chi connectivity index (χ0) is 23.9. The number of halogens is 2. The van der Waals surface area contributed by atoms with Gasteiger partial charge in [0.25, 0.3) is 0 Å². The summed E-state index contributed by atoms with van der Waals surface area (Å²) in [6.07, 6.45) is 0.616. The Kier molecular flexibility index (Phi) is 7.65. The maximum Gasteiger partial charge on any atom is 0.217 e. The zero-order valence-electron chi connectivity index (χ0n) is 18.3. The lowest BCUT2D eigenvalue weighted by atomic mass is 10.00. The van der Waals surface area contributed by atoms with E-state index in [-0.39, 0.29) is 5.82 Å². The third kappa shape index (κ3) is 5.31. The maximum absolute atomic E-state index is 11.2. The molecule has 170 valence electrons. The van der Waals surface area contributed by atoms with Crippen LogP contribution in [0, 0.1) is 0 Å². The van der Waals surface area contributed by atoms with Gasteiger partial charge in [-0.15, -0.1) is 10.2 Å². The summed E-state index contributed by atoms with van der Waals surface area (Å²) in [5, 5.41) is 16.7. The van der Waals surface area contributed by atoms with Crippen LogP contribution in [0.1, 0.15) is 16.2 Å². The highest BCUT2D eigenvalue weighted by Crippen LogP contribution is 2.35. The second-order valence-electron chi connectivity index (χ2n) is 7.36. The molecule has 0 unspecified atom stereocenters. The third-order valence-electron chi connectivity index (χ3n) is 5.03. The Hall–Kier alpha value is -3.58. The molecule has 2 heterocycles. The Morgan fingerprint density at radius 2 is 1.59 bits per heavy atom. The first-order valence-electron chi connectivity index (χ1n) is 10.5. The molecule has 0 aliphatic heterocycles. The smallest absolute Gasteiger partial charge is 0.217 e. The number of nitrogens with zero attached hydrogens (tertiary/aromatic N) is 4. The average Bonchev–Trinajstić information content (AvgIpc) is 3.27. The van der Waals surface area contributed by atoms with Gasteiger partial charge in [-0.1, -0.05) is 83.9 Å². The van der Waals surface area contributed by atoms with Gasteiger partial charge in [-0.3, -0.25) is 4.79 Å². The summed E-state index contributed by atoms with van der Waals surface area (Å²) >= 11 is 12.4. The Labute approximate surface area is 207 Å². The van der Waals surface area contributed by atoms with Crippen molar-refractivity contribution in [1.82, 2.24) is 25.1 Å². The van der Waals surface area contributed by atoms with E-state index in [1.165, 1.54) is 10.1 Å². The highest BCUT2D eigenvalue weighted by Gasteiger charge is 2.16. The first kappa shape index (κ1) is 23.6. The highest BCUT2D eigenvalue weighted by molar-refractivity contribution is 6.33. The summed E-state index contributed by atoms with van der Waals surface area (Å²) in [7, 11) is 1.95. The number of fused-ring (bicyclic) bond motifs is 1. The van der Waals surface area contributed by atoms with E-state index in [1.54, 1.807) is 18.2 Å². The van der Waals surface area contributed by atoms with Gasteiger partial charge in [0.1, 0.15) is 5.69 Å². The first-order chi connectivity index (χ1) is 16.6. The monoisotopic (exact) mass is 489 g/mol. The second-order valence-corrected chi connectivity index (χ2v) is 8.20. The van der Waals surface area contributed by atoms with Crippen molar-refractivity contribution in [2.45, 2.75) is 6.54 Å². The number of hydrogen-bond acceptors (Lipinski definition) is 5. The molecule has 34 heavy (non-hydrogen) atoms. The molecule has 0 amide bonds. The van der Waals surface area contributed by atoms with E-state index in [2.05, 4.69) is 32.7 Å². The van der Waals surface area contributed by atoms with Crippen molar-refractivity contribution < 1.29 is 4.79 Å². The Morgan fingerprint density at radius 3 is 2.26 bits per heavy atom. The summed E-state index contributed by atoms with van der Waals surface area (Å²) in [5.74, 6) is 0.131. The standard InChI is InChI=1S/C18H10Cl2N4O.C8H11N/c19-12-7-5-11(6-8-12)14-9-16-21-22-17(10-25)24(16)23-18(14)13-3-1-2-4-15(13)20;1-9-7-8-5-3-2-4-6-8/h1-10H;2-6,9H,7H2,1H3. The topological polar surface area (TPSA) is 72.2 Å². The molecular formula is C26H21Cl2N5O. The summed E-state index contributed by atoms with van der Waals surface area (Å²) in [5.41, 5.74) is 4.92. The van der Waals surface area contributed by atoms with Crippen LogP contribution in [0.25, 0.3) is 28.0 Å². The quantitative estimate of drug-likeness (QED) is 0.307. The minimum absolute atomic E-state index is 0.131. The predicted molar refractivity (Wildman–Crippen MR) is 136 cm³/mol. The predicted octanol–water partition coefficient (Wildman–Crippen LogP) is 5.98. The van der Waals surface area contributed by atoms with Gasteiger partial charge >= 0.3 is 0 Å². The van der Waals surface area contributed by atoms with Crippen LogP contribution in [0.5, 0.6) is 0 Å². The largest absolute Gasteiger partial charge is 0.316 e. The fraction of sp³-hybridized carbons (Fsp3) is 0.0769. The molecule has 1 N–H and O–H groups in total. The Morgan fingerprint density at radius 1 is 0.882 bits per heavy atom. The number of hydrogen-bond donors (Lipinski definition) is 1. The molecule has 0 aliphatic rings. The number of rotatable bonds is 5. The molecule has 5 aromatic rings. The second kappa shape index (κ2) is 11.0. The Balaban J connectivity index is 0.000000257. The van der Waals surface area contributed by atoms with Gasteiger partial charge in [0, 0.05) is 22.7 Å². The maximum atomic E-state index is 11.2. The van der Waals surface area contributed by atoms with Gasteiger partial charge in [-0.2, -0.15) is 9.61 Å². The van der Waals surface area contributed by atoms with E-state index in [0.717, 1.165) is 23.2 Å². The minimum Gasteiger partial charge on any atom is -0.316 e. The van der Waals surface area contributed by atoms with Crippen molar-refractivity contribution in [1.29, 1.82) is 0 Å². The fourth-order valence-electron chi connectivity index (χ4n) is 3.42. The molecule has 5 rings (SSSR count). The molecule has 0 spiro atoms. The molecule has 0 saturated heterocycles. The molecular weight excluding hydrogens is 469 g/mol. The molecule has 8 heteroatoms. The van der Waals surface area contributed by atoms with E-state index in [4.69, 9.17) is 23.2 Å². The Bertz CT molecular complexity index is 1400. The van der Waals surface area contributed by atoms with Gasteiger partial charge in [0.2, 0.25) is 5.82 Å². The summed E-state index contributed by atoms with van der Waals surface area (Å²) in [6, 6.07) is 27.0. The molecule has 6 nitrogen and oxygen atoms in total. The number of carbonyl (C=O) groups excluding carboxylic acids is 1. The number of aldehydes is 1. The molecule has 0 radical (unpaired) electrons. The van der Waals surface area contributed by atoms with Gasteiger partial charge in [0.05, 0.1) is 5.02 Å². The SMILES string of the molecule is CNCc1ccccc1.O=Cc1nnc2cc(-c3ccc(Cl)cc3)c(-c3ccccc3Cl)nn12. The van der Waals surface area contributed by atoms with Crippen LogP contribution in [0.15, 0.2) is 84.9 Å². The van der Waals surface area contributed by atoms with Crippen LogP contribution in [0.4, 0.5) is 0 Å². The van der Waals surface area contributed by atoms with Crippen LogP contribution in [-0.4, -0.2) is 33.1 Å². The van der Waals surface area contributed by atoms with Crippen molar-refractivity contribution in [2.24, 2.45) is 0 Å². The van der Waals surface area contributed by atoms with Gasteiger partial charge in [-0.25, -0.2) is 0 Å². The van der Waals surface area contributed by atoms with E-state index < -0.39 is 0 Å². The summed E-state index contributed by atoms with van der Waals surface area (Å²) in [6.45, 7) is 0.959. The zero-order valence-corrected chi connectivity index (χ0v) is 19.8. The van der Waals surface area contributed by atoms with E-state index >= 15 is 0 Å². The number of carbonyl (C=O) groups is 1. The third-order valence-corrected chi connectivity index (χ3v) is 5.61. The lowest BCUT2D eigenvalue weighted by molar-refractivity contribution is 0.111. The van der Waals surface area contributed by atoms with Gasteiger partial charge in [0.15, 0.2) is 11.9 Å². The van der Waals surface area contributed by atoms with Crippen LogP contribution in [0.3, 0.4) is 0 Å². The fourth-order valence-corrected chi connectivity index (χ4v) is 3.77. The van der Waals surface area contributed by atoms with E-state index in [1.807, 2.05) is 61.6 Å². The van der Waals surface area contributed by atoms with Crippen molar-refractivity contribution >= 4 is 35.1 Å². The van der Waals surface area contributed by atoms with Gasteiger partial charge < -0.3 is 5.32 Å². The van der Waals surface area contributed by atoms with Gasteiger partial charge in [-0.05, 0) is 42.4 Å². The number of nitrogens with one attached hydrogen (secondary N) is 1. The van der Waals surface area contributed by atoms with Crippen LogP contribution in [-0.2, 0) is 6.54 Å².